The van der Waals surface area contributed by atoms with Crippen LogP contribution in [0.1, 0.15) is 34.0 Å². The van der Waals surface area contributed by atoms with Crippen molar-refractivity contribution < 1.29 is 23.8 Å². The number of rotatable bonds is 8. The SMILES string of the molecule is CCOc1cc(/C=C(/C#N)c2ccc(F)cc2)ccc1OCc1ccc(C(=O)[O-])cc1. The van der Waals surface area contributed by atoms with Gasteiger partial charge >= 0.3 is 0 Å². The topological polar surface area (TPSA) is 82.4 Å². The summed E-state index contributed by atoms with van der Waals surface area (Å²) in [6.45, 7) is 2.50. The molecule has 0 saturated heterocycles. The van der Waals surface area contributed by atoms with Crippen molar-refractivity contribution in [3.8, 4) is 17.6 Å². The van der Waals surface area contributed by atoms with Crippen molar-refractivity contribution in [1.82, 2.24) is 0 Å². The number of nitriles is 1. The Bertz CT molecular complexity index is 1130. The summed E-state index contributed by atoms with van der Waals surface area (Å²) in [5.74, 6) is -0.565. The van der Waals surface area contributed by atoms with E-state index in [2.05, 4.69) is 6.07 Å². The van der Waals surface area contributed by atoms with E-state index in [0.717, 1.165) is 11.1 Å². The van der Waals surface area contributed by atoms with Gasteiger partial charge in [0, 0.05) is 0 Å². The molecule has 31 heavy (non-hydrogen) atoms. The van der Waals surface area contributed by atoms with Crippen molar-refractivity contribution in [2.75, 3.05) is 6.61 Å². The van der Waals surface area contributed by atoms with E-state index < -0.39 is 5.97 Å². The summed E-state index contributed by atoms with van der Waals surface area (Å²) in [5.41, 5.74) is 2.63. The van der Waals surface area contributed by atoms with E-state index in [9.17, 15) is 19.6 Å². The van der Waals surface area contributed by atoms with E-state index in [4.69, 9.17) is 9.47 Å². The number of hydrogen-bond donors (Lipinski definition) is 0. The number of hydrogen-bond acceptors (Lipinski definition) is 5. The lowest BCUT2D eigenvalue weighted by molar-refractivity contribution is -0.255. The molecule has 0 atom stereocenters. The molecule has 3 aromatic carbocycles. The Morgan fingerprint density at radius 1 is 1.00 bits per heavy atom. The van der Waals surface area contributed by atoms with Gasteiger partial charge in [-0.25, -0.2) is 4.39 Å². The Labute approximate surface area is 179 Å². The Kier molecular flexibility index (Phi) is 7.02. The molecule has 0 heterocycles. The van der Waals surface area contributed by atoms with Gasteiger partial charge in [0.15, 0.2) is 11.5 Å². The Morgan fingerprint density at radius 3 is 2.29 bits per heavy atom. The van der Waals surface area contributed by atoms with Gasteiger partial charge < -0.3 is 19.4 Å². The van der Waals surface area contributed by atoms with Crippen molar-refractivity contribution in [2.45, 2.75) is 13.5 Å². The molecule has 0 N–H and O–H groups in total. The molecule has 0 spiro atoms. The van der Waals surface area contributed by atoms with Crippen LogP contribution >= 0.6 is 0 Å². The Hall–Kier alpha value is -4.11. The number of allylic oxidation sites excluding steroid dienone is 1. The van der Waals surface area contributed by atoms with Gasteiger partial charge in [-0.1, -0.05) is 42.5 Å². The monoisotopic (exact) mass is 416 g/mol. The van der Waals surface area contributed by atoms with Gasteiger partial charge in [-0.05, 0) is 59.5 Å². The van der Waals surface area contributed by atoms with E-state index in [1.54, 1.807) is 48.5 Å². The molecule has 0 fully saturated rings. The van der Waals surface area contributed by atoms with Crippen LogP contribution < -0.4 is 14.6 Å². The molecule has 0 aliphatic carbocycles. The van der Waals surface area contributed by atoms with Gasteiger partial charge in [0.1, 0.15) is 12.4 Å². The second-order valence-corrected chi connectivity index (χ2v) is 6.59. The lowest BCUT2D eigenvalue weighted by Gasteiger charge is -2.13. The molecular weight excluding hydrogens is 397 g/mol. The van der Waals surface area contributed by atoms with Crippen LogP contribution in [0.4, 0.5) is 4.39 Å². The molecule has 3 rings (SSSR count). The molecule has 6 heteroatoms. The first-order valence-corrected chi connectivity index (χ1v) is 9.58. The van der Waals surface area contributed by atoms with E-state index in [1.165, 1.54) is 24.3 Å². The molecule has 5 nitrogen and oxygen atoms in total. The van der Waals surface area contributed by atoms with Gasteiger partial charge in [-0.3, -0.25) is 0 Å². The highest BCUT2D eigenvalue weighted by Gasteiger charge is 2.08. The standard InChI is InChI=1S/C25H20FNO4/c1-2-30-24-14-18(13-21(15-27)19-8-10-22(26)11-9-19)5-12-23(24)31-16-17-3-6-20(7-4-17)25(28)29/h3-14H,2,16H2,1H3,(H,28,29)/p-1/b21-13-. The lowest BCUT2D eigenvalue weighted by atomic mass is 10.0. The van der Waals surface area contributed by atoms with Crippen molar-refractivity contribution in [1.29, 1.82) is 5.26 Å². The minimum absolute atomic E-state index is 0.101. The lowest BCUT2D eigenvalue weighted by Crippen LogP contribution is -2.22. The highest BCUT2D eigenvalue weighted by Crippen LogP contribution is 2.31. The third-order valence-electron chi connectivity index (χ3n) is 4.44. The molecule has 0 aliphatic heterocycles. The number of benzene rings is 3. The van der Waals surface area contributed by atoms with Crippen molar-refractivity contribution >= 4 is 17.6 Å². The summed E-state index contributed by atoms with van der Waals surface area (Å²) in [6, 6.07) is 19.4. The molecule has 0 bridgehead atoms. The van der Waals surface area contributed by atoms with Crippen molar-refractivity contribution in [3.63, 3.8) is 0 Å². The first-order chi connectivity index (χ1) is 15.0. The second-order valence-electron chi connectivity index (χ2n) is 6.59. The van der Waals surface area contributed by atoms with E-state index in [0.29, 0.717) is 29.2 Å². The van der Waals surface area contributed by atoms with Crippen LogP contribution in [0.2, 0.25) is 0 Å². The molecule has 0 aromatic heterocycles. The number of aromatic carboxylic acids is 1. The summed E-state index contributed by atoms with van der Waals surface area (Å²) in [5, 5.41) is 20.3. The van der Waals surface area contributed by atoms with Gasteiger partial charge in [-0.15, -0.1) is 0 Å². The fourth-order valence-corrected chi connectivity index (χ4v) is 2.88. The van der Waals surface area contributed by atoms with Gasteiger partial charge in [0.25, 0.3) is 0 Å². The average molecular weight is 416 g/mol. The van der Waals surface area contributed by atoms with Crippen molar-refractivity contribution in [2.24, 2.45) is 0 Å². The number of ether oxygens (including phenoxy) is 2. The average Bonchev–Trinajstić information content (AvgIpc) is 2.78. The number of carboxylic acids is 1. The smallest absolute Gasteiger partial charge is 0.161 e. The zero-order valence-corrected chi connectivity index (χ0v) is 16.8. The number of carbonyl (C=O) groups excluding carboxylic acids is 1. The van der Waals surface area contributed by atoms with Crippen LogP contribution in [-0.4, -0.2) is 12.6 Å². The molecule has 0 unspecified atom stereocenters. The van der Waals surface area contributed by atoms with E-state index in [1.807, 2.05) is 6.92 Å². The van der Waals surface area contributed by atoms with Crippen LogP contribution in [-0.2, 0) is 6.61 Å². The number of carbonyl (C=O) groups is 1. The predicted molar refractivity (Wildman–Crippen MR) is 113 cm³/mol. The first-order valence-electron chi connectivity index (χ1n) is 9.58. The summed E-state index contributed by atoms with van der Waals surface area (Å²) in [4.78, 5) is 10.8. The molecule has 156 valence electrons. The number of halogens is 1. The third-order valence-corrected chi connectivity index (χ3v) is 4.44. The molecule has 0 radical (unpaired) electrons. The maximum atomic E-state index is 13.2. The maximum absolute atomic E-state index is 13.2. The predicted octanol–water partition coefficient (Wildman–Crippen LogP) is 4.23. The van der Waals surface area contributed by atoms with Crippen molar-refractivity contribution in [3.05, 3.63) is 94.8 Å². The Balaban J connectivity index is 1.80. The second kappa shape index (κ2) is 10.1. The molecular formula is C25H19FNO4-. The highest BCUT2D eigenvalue weighted by molar-refractivity contribution is 5.89. The van der Waals surface area contributed by atoms with Crippen LogP contribution in [0.15, 0.2) is 66.7 Å². The zero-order valence-electron chi connectivity index (χ0n) is 16.8. The zero-order chi connectivity index (χ0) is 22.2. The van der Waals surface area contributed by atoms with Crippen LogP contribution in [0.25, 0.3) is 11.6 Å². The normalized spacial score (nSPS) is 10.9. The quantitative estimate of drug-likeness (QED) is 0.405. The molecule has 3 aromatic rings. The summed E-state index contributed by atoms with van der Waals surface area (Å²) in [7, 11) is 0. The van der Waals surface area contributed by atoms with Gasteiger partial charge in [0.05, 0.1) is 24.2 Å². The summed E-state index contributed by atoms with van der Waals surface area (Å²) in [6.07, 6.45) is 1.69. The first kappa shape index (κ1) is 21.6. The minimum Gasteiger partial charge on any atom is -0.545 e. The highest BCUT2D eigenvalue weighted by atomic mass is 19.1. The molecule has 0 aliphatic rings. The van der Waals surface area contributed by atoms with Crippen LogP contribution in [0, 0.1) is 17.1 Å². The summed E-state index contributed by atoms with van der Waals surface area (Å²) >= 11 is 0. The van der Waals surface area contributed by atoms with E-state index in [-0.39, 0.29) is 18.0 Å². The fourth-order valence-electron chi connectivity index (χ4n) is 2.88. The maximum Gasteiger partial charge on any atom is 0.161 e. The largest absolute Gasteiger partial charge is 0.545 e. The van der Waals surface area contributed by atoms with Crippen LogP contribution in [0.5, 0.6) is 11.5 Å². The van der Waals surface area contributed by atoms with Gasteiger partial charge in [-0.2, -0.15) is 5.26 Å². The third kappa shape index (κ3) is 5.71. The summed E-state index contributed by atoms with van der Waals surface area (Å²) < 4.78 is 24.7. The fraction of sp³-hybridized carbons (Fsp3) is 0.120. The number of nitrogens with zero attached hydrogens (tertiary/aromatic N) is 1. The number of carboxylic acid groups (broad SMARTS) is 1. The Morgan fingerprint density at radius 2 is 1.68 bits per heavy atom. The molecule has 0 saturated carbocycles. The minimum atomic E-state index is -1.23. The van der Waals surface area contributed by atoms with Gasteiger partial charge in [0.2, 0.25) is 0 Å². The van der Waals surface area contributed by atoms with E-state index >= 15 is 0 Å². The van der Waals surface area contributed by atoms with Crippen LogP contribution in [0.3, 0.4) is 0 Å². The molecule has 0 amide bonds.